The predicted molar refractivity (Wildman–Crippen MR) is 64.3 cm³/mol. The summed E-state index contributed by atoms with van der Waals surface area (Å²) >= 11 is 0. The Kier molecular flexibility index (Phi) is 3.48. The average Bonchev–Trinajstić information content (AvgIpc) is 2.86. The van der Waals surface area contributed by atoms with Crippen LogP contribution in [0.25, 0.3) is 0 Å². The van der Waals surface area contributed by atoms with Gasteiger partial charge in [0.25, 0.3) is 0 Å². The number of hydrogen-bond acceptors (Lipinski definition) is 2. The fourth-order valence-electron chi connectivity index (χ4n) is 2.32. The molecule has 2 heterocycles. The van der Waals surface area contributed by atoms with Crippen molar-refractivity contribution in [2.45, 2.75) is 32.2 Å². The van der Waals surface area contributed by atoms with Gasteiger partial charge >= 0.3 is 0 Å². The lowest BCUT2D eigenvalue weighted by Crippen LogP contribution is -2.39. The third-order valence-corrected chi connectivity index (χ3v) is 3.34. The number of carbonyl (C=O) groups excluding carboxylic acids is 1. The Morgan fingerprint density at radius 1 is 1.41 bits per heavy atom. The second-order valence-corrected chi connectivity index (χ2v) is 4.47. The first kappa shape index (κ1) is 11.7. The molecule has 0 aliphatic carbocycles. The van der Waals surface area contributed by atoms with E-state index < -0.39 is 0 Å². The number of piperidine rings is 1. The van der Waals surface area contributed by atoms with Crippen LogP contribution in [0.3, 0.4) is 0 Å². The normalized spacial score (nSPS) is 17.5. The molecule has 1 aromatic rings. The molecular formula is C13H17N3O. The number of aromatic nitrogens is 1. The summed E-state index contributed by atoms with van der Waals surface area (Å²) in [7, 11) is 0. The van der Waals surface area contributed by atoms with Crippen LogP contribution in [-0.2, 0) is 4.79 Å². The van der Waals surface area contributed by atoms with Crippen LogP contribution >= 0.6 is 0 Å². The standard InChI is InChI=1S/C13H17N3O/c1-11(16-9-5-6-12(16)10-14)13(17)15-7-3-2-4-8-15/h5-6,9,11H,2-4,7-8H2,1H3. The highest BCUT2D eigenvalue weighted by atomic mass is 16.2. The van der Waals surface area contributed by atoms with E-state index in [2.05, 4.69) is 6.07 Å². The first-order valence-corrected chi connectivity index (χ1v) is 6.10. The van der Waals surface area contributed by atoms with Crippen molar-refractivity contribution >= 4 is 5.91 Å². The van der Waals surface area contributed by atoms with Crippen molar-refractivity contribution in [1.82, 2.24) is 9.47 Å². The SMILES string of the molecule is CC(C(=O)N1CCCCC1)n1cccc1C#N. The van der Waals surface area contributed by atoms with Gasteiger partial charge in [0.15, 0.2) is 0 Å². The molecule has 4 nitrogen and oxygen atoms in total. The zero-order valence-corrected chi connectivity index (χ0v) is 10.1. The van der Waals surface area contributed by atoms with E-state index in [0.717, 1.165) is 25.9 Å². The number of carbonyl (C=O) groups is 1. The lowest BCUT2D eigenvalue weighted by molar-refractivity contribution is -0.135. The predicted octanol–water partition coefficient (Wildman–Crippen LogP) is 1.93. The van der Waals surface area contributed by atoms with Crippen LogP contribution in [0, 0.1) is 11.3 Å². The van der Waals surface area contributed by atoms with Gasteiger partial charge in [0.05, 0.1) is 0 Å². The molecule has 0 bridgehead atoms. The van der Waals surface area contributed by atoms with Gasteiger partial charge in [-0.25, -0.2) is 0 Å². The maximum absolute atomic E-state index is 12.3. The maximum Gasteiger partial charge on any atom is 0.245 e. The van der Waals surface area contributed by atoms with Gasteiger partial charge in [0, 0.05) is 19.3 Å². The van der Waals surface area contributed by atoms with Crippen LogP contribution in [0.4, 0.5) is 0 Å². The van der Waals surface area contributed by atoms with Gasteiger partial charge in [0.1, 0.15) is 17.8 Å². The van der Waals surface area contributed by atoms with E-state index in [1.165, 1.54) is 6.42 Å². The van der Waals surface area contributed by atoms with Crippen LogP contribution in [0.1, 0.15) is 37.9 Å². The molecule has 17 heavy (non-hydrogen) atoms. The average molecular weight is 231 g/mol. The van der Waals surface area contributed by atoms with Crippen LogP contribution in [0.2, 0.25) is 0 Å². The van der Waals surface area contributed by atoms with Gasteiger partial charge in [-0.2, -0.15) is 5.26 Å². The highest BCUT2D eigenvalue weighted by Gasteiger charge is 2.23. The Labute approximate surface area is 101 Å². The number of nitrogens with zero attached hydrogens (tertiary/aromatic N) is 3. The summed E-state index contributed by atoms with van der Waals surface area (Å²) in [5.41, 5.74) is 0.544. The van der Waals surface area contributed by atoms with Crippen molar-refractivity contribution in [2.24, 2.45) is 0 Å². The number of likely N-dealkylation sites (tertiary alicyclic amines) is 1. The number of amides is 1. The molecule has 1 saturated heterocycles. The van der Waals surface area contributed by atoms with Gasteiger partial charge in [0.2, 0.25) is 5.91 Å². The summed E-state index contributed by atoms with van der Waals surface area (Å²) < 4.78 is 1.75. The van der Waals surface area contributed by atoms with Crippen LogP contribution in [-0.4, -0.2) is 28.5 Å². The molecule has 1 atom stereocenters. The highest BCUT2D eigenvalue weighted by Crippen LogP contribution is 2.17. The Morgan fingerprint density at radius 2 is 2.12 bits per heavy atom. The van der Waals surface area contributed by atoms with Gasteiger partial charge in [-0.3, -0.25) is 4.79 Å². The minimum absolute atomic E-state index is 0.123. The summed E-state index contributed by atoms with van der Waals surface area (Å²) in [6, 6.07) is 5.37. The zero-order chi connectivity index (χ0) is 12.3. The van der Waals surface area contributed by atoms with Crippen molar-refractivity contribution in [3.8, 4) is 6.07 Å². The number of hydrogen-bond donors (Lipinski definition) is 0. The molecule has 0 radical (unpaired) electrons. The molecule has 2 rings (SSSR count). The lowest BCUT2D eigenvalue weighted by Gasteiger charge is -2.29. The number of rotatable bonds is 2. The Hall–Kier alpha value is -1.76. The molecular weight excluding hydrogens is 214 g/mol. The summed E-state index contributed by atoms with van der Waals surface area (Å²) in [5.74, 6) is 0.123. The quantitative estimate of drug-likeness (QED) is 0.781. The van der Waals surface area contributed by atoms with Crippen LogP contribution < -0.4 is 0 Å². The van der Waals surface area contributed by atoms with E-state index in [-0.39, 0.29) is 11.9 Å². The minimum atomic E-state index is -0.280. The van der Waals surface area contributed by atoms with Crippen LogP contribution in [0.15, 0.2) is 18.3 Å². The Morgan fingerprint density at radius 3 is 2.76 bits per heavy atom. The van der Waals surface area contributed by atoms with Gasteiger partial charge in [-0.05, 0) is 38.3 Å². The lowest BCUT2D eigenvalue weighted by atomic mass is 10.1. The second-order valence-electron chi connectivity index (χ2n) is 4.47. The maximum atomic E-state index is 12.3. The molecule has 0 aromatic carbocycles. The molecule has 4 heteroatoms. The monoisotopic (exact) mass is 231 g/mol. The van der Waals surface area contributed by atoms with Gasteiger partial charge in [-0.15, -0.1) is 0 Å². The molecule has 1 aliphatic heterocycles. The van der Waals surface area contributed by atoms with Gasteiger partial charge < -0.3 is 9.47 Å². The molecule has 1 aliphatic rings. The van der Waals surface area contributed by atoms with Crippen molar-refractivity contribution in [1.29, 1.82) is 5.26 Å². The second kappa shape index (κ2) is 5.05. The molecule has 1 unspecified atom stereocenters. The smallest absolute Gasteiger partial charge is 0.245 e. The molecule has 1 fully saturated rings. The molecule has 0 spiro atoms. The summed E-state index contributed by atoms with van der Waals surface area (Å²) in [6.45, 7) is 3.57. The minimum Gasteiger partial charge on any atom is -0.341 e. The van der Waals surface area contributed by atoms with E-state index in [1.807, 2.05) is 11.8 Å². The van der Waals surface area contributed by atoms with Crippen molar-refractivity contribution in [3.05, 3.63) is 24.0 Å². The fraction of sp³-hybridized carbons (Fsp3) is 0.538. The van der Waals surface area contributed by atoms with Gasteiger partial charge in [-0.1, -0.05) is 0 Å². The van der Waals surface area contributed by atoms with E-state index in [1.54, 1.807) is 22.9 Å². The molecule has 1 aromatic heterocycles. The van der Waals surface area contributed by atoms with E-state index in [9.17, 15) is 4.79 Å². The topological polar surface area (TPSA) is 49.0 Å². The van der Waals surface area contributed by atoms with Crippen LogP contribution in [0.5, 0.6) is 0 Å². The van der Waals surface area contributed by atoms with E-state index in [0.29, 0.717) is 5.69 Å². The molecule has 0 N–H and O–H groups in total. The largest absolute Gasteiger partial charge is 0.341 e. The number of nitriles is 1. The fourth-order valence-corrected chi connectivity index (χ4v) is 2.32. The third kappa shape index (κ3) is 2.33. The molecule has 90 valence electrons. The first-order valence-electron chi connectivity index (χ1n) is 6.10. The Bertz CT molecular complexity index is 438. The first-order chi connectivity index (χ1) is 8.24. The zero-order valence-electron chi connectivity index (χ0n) is 10.1. The van der Waals surface area contributed by atoms with Crippen molar-refractivity contribution < 1.29 is 4.79 Å². The summed E-state index contributed by atoms with van der Waals surface area (Å²) in [5, 5.41) is 8.95. The third-order valence-electron chi connectivity index (χ3n) is 3.34. The van der Waals surface area contributed by atoms with Crippen molar-refractivity contribution in [3.63, 3.8) is 0 Å². The highest BCUT2D eigenvalue weighted by molar-refractivity contribution is 5.80. The molecule has 0 saturated carbocycles. The summed E-state index contributed by atoms with van der Waals surface area (Å²) in [6.07, 6.45) is 5.20. The summed E-state index contributed by atoms with van der Waals surface area (Å²) in [4.78, 5) is 14.2. The van der Waals surface area contributed by atoms with E-state index in [4.69, 9.17) is 5.26 Å². The molecule has 1 amide bonds. The van der Waals surface area contributed by atoms with E-state index >= 15 is 0 Å². The van der Waals surface area contributed by atoms with Crippen molar-refractivity contribution in [2.75, 3.05) is 13.1 Å². The Balaban J connectivity index is 2.11.